The molecule has 1 aliphatic heterocycles. The first kappa shape index (κ1) is 20.0. The zero-order valence-corrected chi connectivity index (χ0v) is 17.7. The second-order valence-corrected chi connectivity index (χ2v) is 7.36. The van der Waals surface area contributed by atoms with Gasteiger partial charge in [-0.1, -0.05) is 23.7 Å². The van der Waals surface area contributed by atoms with Crippen LogP contribution in [0, 0.1) is 13.8 Å². The quantitative estimate of drug-likeness (QED) is 0.418. The van der Waals surface area contributed by atoms with Gasteiger partial charge in [0.25, 0.3) is 0 Å². The average molecular weight is 425 g/mol. The molecule has 0 amide bonds. The number of fused-ring (bicyclic) bond motifs is 1. The molecule has 0 fully saturated rings. The Morgan fingerprint density at radius 3 is 2.73 bits per heavy atom. The Labute approximate surface area is 179 Å². The van der Waals surface area contributed by atoms with Crippen LogP contribution in [-0.4, -0.2) is 29.5 Å². The van der Waals surface area contributed by atoms with E-state index in [1.54, 1.807) is 37.5 Å². The van der Waals surface area contributed by atoms with Gasteiger partial charge in [-0.2, -0.15) is 5.10 Å². The topological polar surface area (TPSA) is 62.6 Å². The van der Waals surface area contributed by atoms with Crippen molar-refractivity contribution in [2.45, 2.75) is 20.4 Å². The molecule has 7 heteroatoms. The van der Waals surface area contributed by atoms with Crippen LogP contribution in [0.25, 0.3) is 6.08 Å². The van der Waals surface area contributed by atoms with Gasteiger partial charge in [-0.25, -0.2) is 0 Å². The summed E-state index contributed by atoms with van der Waals surface area (Å²) in [5.41, 5.74) is 4.06. The lowest BCUT2D eigenvalue weighted by Gasteiger charge is -2.11. The first-order valence-corrected chi connectivity index (χ1v) is 9.82. The summed E-state index contributed by atoms with van der Waals surface area (Å²) in [6, 6.07) is 10.9. The van der Waals surface area contributed by atoms with Crippen molar-refractivity contribution in [2.75, 3.05) is 13.9 Å². The lowest BCUT2D eigenvalue weighted by atomic mass is 10.1. The summed E-state index contributed by atoms with van der Waals surface area (Å²) in [4.78, 5) is 12.6. The number of carbonyl (C=O) groups is 1. The van der Waals surface area contributed by atoms with Crippen LogP contribution in [0.1, 0.15) is 32.9 Å². The molecule has 30 heavy (non-hydrogen) atoms. The van der Waals surface area contributed by atoms with E-state index in [1.165, 1.54) is 0 Å². The molecule has 1 aliphatic rings. The number of nitrogens with zero attached hydrogens (tertiary/aromatic N) is 2. The van der Waals surface area contributed by atoms with Gasteiger partial charge in [0.05, 0.1) is 30.1 Å². The summed E-state index contributed by atoms with van der Waals surface area (Å²) in [6.07, 6.45) is 3.33. The zero-order chi connectivity index (χ0) is 21.3. The molecule has 154 valence electrons. The first-order chi connectivity index (χ1) is 14.5. The molecule has 0 saturated carbocycles. The number of aromatic nitrogens is 2. The van der Waals surface area contributed by atoms with Crippen molar-refractivity contribution in [3.05, 3.63) is 75.6 Å². The molecule has 2 heterocycles. The Kier molecular flexibility index (Phi) is 5.50. The lowest BCUT2D eigenvalue weighted by Crippen LogP contribution is -2.06. The zero-order valence-electron chi connectivity index (χ0n) is 16.9. The Bertz CT molecular complexity index is 1150. The fourth-order valence-electron chi connectivity index (χ4n) is 3.33. The number of carbonyl (C=O) groups excluding carboxylic acids is 1. The third kappa shape index (κ3) is 3.91. The maximum Gasteiger partial charge on any atom is 0.231 e. The SMILES string of the molecule is COc1ccc(/C=C/C(=O)c2ccc3c(c2)OCO3)cc1Cn1nc(C)c(Cl)c1C. The van der Waals surface area contributed by atoms with Gasteiger partial charge in [0.1, 0.15) is 5.75 Å². The molecular weight excluding hydrogens is 404 g/mol. The number of hydrogen-bond acceptors (Lipinski definition) is 5. The Balaban J connectivity index is 1.56. The number of ketones is 1. The molecule has 0 spiro atoms. The average Bonchev–Trinajstić information content (AvgIpc) is 3.32. The van der Waals surface area contributed by atoms with Gasteiger partial charge < -0.3 is 14.2 Å². The van der Waals surface area contributed by atoms with Crippen LogP contribution < -0.4 is 14.2 Å². The van der Waals surface area contributed by atoms with E-state index in [1.807, 2.05) is 36.7 Å². The molecule has 6 nitrogen and oxygen atoms in total. The maximum absolute atomic E-state index is 12.6. The number of methoxy groups -OCH3 is 1. The van der Waals surface area contributed by atoms with E-state index in [0.29, 0.717) is 28.6 Å². The van der Waals surface area contributed by atoms with Crippen LogP contribution in [0.15, 0.2) is 42.5 Å². The van der Waals surface area contributed by atoms with Crippen molar-refractivity contribution >= 4 is 23.5 Å². The van der Waals surface area contributed by atoms with Gasteiger partial charge >= 0.3 is 0 Å². The van der Waals surface area contributed by atoms with E-state index in [-0.39, 0.29) is 12.6 Å². The molecular formula is C23H21ClN2O4. The minimum Gasteiger partial charge on any atom is -0.496 e. The Hall–Kier alpha value is -3.25. The largest absolute Gasteiger partial charge is 0.496 e. The summed E-state index contributed by atoms with van der Waals surface area (Å²) in [7, 11) is 1.63. The monoisotopic (exact) mass is 424 g/mol. The van der Waals surface area contributed by atoms with Crippen LogP contribution >= 0.6 is 11.6 Å². The highest BCUT2D eigenvalue weighted by atomic mass is 35.5. The van der Waals surface area contributed by atoms with Gasteiger partial charge in [-0.3, -0.25) is 9.48 Å². The van der Waals surface area contributed by atoms with Gasteiger partial charge in [-0.15, -0.1) is 0 Å². The van der Waals surface area contributed by atoms with Crippen molar-refractivity contribution in [2.24, 2.45) is 0 Å². The summed E-state index contributed by atoms with van der Waals surface area (Å²) in [5.74, 6) is 1.87. The fourth-order valence-corrected chi connectivity index (χ4v) is 3.47. The standard InChI is InChI=1S/C23H21ClN2O4/c1-14-23(24)15(2)26(25-14)12-18-10-16(5-8-20(18)28-3)4-7-19(27)17-6-9-21-22(11-17)30-13-29-21/h4-11H,12-13H2,1-3H3/b7-4+. The van der Waals surface area contributed by atoms with E-state index in [0.717, 1.165) is 28.3 Å². The highest BCUT2D eigenvalue weighted by Gasteiger charge is 2.15. The highest BCUT2D eigenvalue weighted by molar-refractivity contribution is 6.31. The fraction of sp³-hybridized carbons (Fsp3) is 0.217. The molecule has 0 atom stereocenters. The number of allylic oxidation sites excluding steroid dienone is 1. The number of benzene rings is 2. The Morgan fingerprint density at radius 1 is 1.20 bits per heavy atom. The summed E-state index contributed by atoms with van der Waals surface area (Å²) >= 11 is 6.27. The van der Waals surface area contributed by atoms with E-state index in [2.05, 4.69) is 5.10 Å². The van der Waals surface area contributed by atoms with Crippen LogP contribution in [0.5, 0.6) is 17.2 Å². The van der Waals surface area contributed by atoms with Gasteiger partial charge in [-0.05, 0) is 55.8 Å². The minimum atomic E-state index is -0.115. The molecule has 0 N–H and O–H groups in total. The number of rotatable bonds is 6. The number of hydrogen-bond donors (Lipinski definition) is 0. The molecule has 4 rings (SSSR count). The number of halogens is 1. The van der Waals surface area contributed by atoms with Crippen LogP contribution in [0.3, 0.4) is 0 Å². The predicted octanol–water partition coefficient (Wildman–Crippen LogP) is 4.84. The summed E-state index contributed by atoms with van der Waals surface area (Å²) in [6.45, 7) is 4.50. The van der Waals surface area contributed by atoms with Crippen LogP contribution in [-0.2, 0) is 6.54 Å². The van der Waals surface area contributed by atoms with E-state index >= 15 is 0 Å². The first-order valence-electron chi connectivity index (χ1n) is 9.44. The van der Waals surface area contributed by atoms with Gasteiger partial charge in [0, 0.05) is 11.1 Å². The van der Waals surface area contributed by atoms with Crippen molar-refractivity contribution in [1.82, 2.24) is 9.78 Å². The van der Waals surface area contributed by atoms with Crippen molar-refractivity contribution in [3.63, 3.8) is 0 Å². The van der Waals surface area contributed by atoms with E-state index in [9.17, 15) is 4.79 Å². The van der Waals surface area contributed by atoms with E-state index in [4.69, 9.17) is 25.8 Å². The third-order valence-corrected chi connectivity index (χ3v) is 5.55. The van der Waals surface area contributed by atoms with Gasteiger partial charge in [0.15, 0.2) is 17.3 Å². The van der Waals surface area contributed by atoms with Crippen molar-refractivity contribution in [1.29, 1.82) is 0 Å². The second-order valence-electron chi connectivity index (χ2n) is 6.98. The summed E-state index contributed by atoms with van der Waals surface area (Å²) < 4.78 is 18.0. The number of aryl methyl sites for hydroxylation is 1. The molecule has 0 saturated heterocycles. The third-order valence-electron chi connectivity index (χ3n) is 5.00. The Morgan fingerprint density at radius 2 is 2.00 bits per heavy atom. The summed E-state index contributed by atoms with van der Waals surface area (Å²) in [5, 5.41) is 5.15. The minimum absolute atomic E-state index is 0.115. The van der Waals surface area contributed by atoms with Crippen molar-refractivity contribution < 1.29 is 19.0 Å². The second kappa shape index (κ2) is 8.24. The normalized spacial score (nSPS) is 12.5. The van der Waals surface area contributed by atoms with Gasteiger partial charge in [0.2, 0.25) is 6.79 Å². The predicted molar refractivity (Wildman–Crippen MR) is 115 cm³/mol. The molecule has 0 aliphatic carbocycles. The highest BCUT2D eigenvalue weighted by Crippen LogP contribution is 2.32. The molecule has 3 aromatic rings. The lowest BCUT2D eigenvalue weighted by molar-refractivity contribution is 0.104. The smallest absolute Gasteiger partial charge is 0.231 e. The maximum atomic E-state index is 12.6. The molecule has 0 bridgehead atoms. The molecule has 1 aromatic heterocycles. The van der Waals surface area contributed by atoms with Crippen LogP contribution in [0.4, 0.5) is 0 Å². The van der Waals surface area contributed by atoms with Crippen LogP contribution in [0.2, 0.25) is 5.02 Å². The molecule has 0 radical (unpaired) electrons. The molecule has 0 unspecified atom stereocenters. The van der Waals surface area contributed by atoms with Crippen molar-refractivity contribution in [3.8, 4) is 17.2 Å². The number of ether oxygens (including phenoxy) is 3. The molecule has 2 aromatic carbocycles. The van der Waals surface area contributed by atoms with E-state index < -0.39 is 0 Å².